The van der Waals surface area contributed by atoms with Crippen LogP contribution in [0.25, 0.3) is 0 Å². The Labute approximate surface area is 180 Å². The molecule has 3 N–H and O–H groups in total. The van der Waals surface area contributed by atoms with Crippen LogP contribution in [0, 0.1) is 11.3 Å². The molecule has 0 aromatic rings. The monoisotopic (exact) mass is 414 g/mol. The lowest BCUT2D eigenvalue weighted by Crippen LogP contribution is -2.38. The minimum atomic E-state index is -0.614. The van der Waals surface area contributed by atoms with E-state index in [0.717, 1.165) is 51.2 Å². The summed E-state index contributed by atoms with van der Waals surface area (Å²) in [5, 5.41) is 16.5. The van der Waals surface area contributed by atoms with Crippen LogP contribution in [0.5, 0.6) is 0 Å². The first-order chi connectivity index (χ1) is 13.7. The average Bonchev–Trinajstić information content (AvgIpc) is 2.64. The van der Waals surface area contributed by atoms with E-state index in [0.29, 0.717) is 6.42 Å². The average molecular weight is 415 g/mol. The summed E-state index contributed by atoms with van der Waals surface area (Å²) in [6, 6.07) is 0.117. The van der Waals surface area contributed by atoms with Crippen LogP contribution < -0.4 is 10.6 Å². The van der Waals surface area contributed by atoms with Crippen molar-refractivity contribution in [2.45, 2.75) is 111 Å². The molecule has 0 saturated heterocycles. The van der Waals surface area contributed by atoms with Gasteiger partial charge < -0.3 is 20.5 Å². The number of carbonyl (C=O) groups excluding carboxylic acids is 1. The Morgan fingerprint density at radius 3 is 2.41 bits per heavy atom. The van der Waals surface area contributed by atoms with Crippen molar-refractivity contribution in [3.05, 3.63) is 0 Å². The Hall–Kier alpha value is -0.650. The minimum absolute atomic E-state index is 0.0739. The number of aliphatic hydroxyl groups excluding tert-OH is 1. The van der Waals surface area contributed by atoms with Crippen LogP contribution in [-0.4, -0.2) is 49.5 Å². The van der Waals surface area contributed by atoms with Gasteiger partial charge in [-0.2, -0.15) is 0 Å². The molecule has 0 heterocycles. The van der Waals surface area contributed by atoms with Gasteiger partial charge in [0.05, 0.1) is 12.5 Å². The van der Waals surface area contributed by atoms with Gasteiger partial charge in [0, 0.05) is 6.04 Å². The van der Waals surface area contributed by atoms with Crippen molar-refractivity contribution in [3.8, 4) is 0 Å². The van der Waals surface area contributed by atoms with E-state index in [-0.39, 0.29) is 24.0 Å². The van der Waals surface area contributed by atoms with E-state index in [4.69, 9.17) is 4.74 Å². The second kappa shape index (κ2) is 17.1. The van der Waals surface area contributed by atoms with Crippen molar-refractivity contribution < 1.29 is 14.6 Å². The zero-order valence-corrected chi connectivity index (χ0v) is 20.2. The minimum Gasteiger partial charge on any atom is -0.463 e. The van der Waals surface area contributed by atoms with Gasteiger partial charge in [-0.1, -0.05) is 60.3 Å². The van der Waals surface area contributed by atoms with E-state index in [9.17, 15) is 9.90 Å². The number of hydrogen-bond donors (Lipinski definition) is 3. The maximum Gasteiger partial charge on any atom is 0.307 e. The number of ether oxygens (including phenoxy) is 1. The highest BCUT2D eigenvalue weighted by Crippen LogP contribution is 2.29. The summed E-state index contributed by atoms with van der Waals surface area (Å²) in [7, 11) is 0. The summed E-state index contributed by atoms with van der Waals surface area (Å²) in [6.07, 6.45) is 9.20. The van der Waals surface area contributed by atoms with Gasteiger partial charge in [0.25, 0.3) is 0 Å². The lowest BCUT2D eigenvalue weighted by Gasteiger charge is -2.30. The van der Waals surface area contributed by atoms with E-state index in [1.165, 1.54) is 25.7 Å². The second-order valence-electron chi connectivity index (χ2n) is 9.48. The molecule has 0 amide bonds. The molecule has 3 unspecified atom stereocenters. The van der Waals surface area contributed by atoms with Crippen molar-refractivity contribution in [1.29, 1.82) is 0 Å². The van der Waals surface area contributed by atoms with Crippen LogP contribution >= 0.6 is 0 Å². The molecule has 0 spiro atoms. The molecule has 0 saturated carbocycles. The third-order valence-electron chi connectivity index (χ3n) is 5.56. The highest BCUT2D eigenvalue weighted by atomic mass is 16.5. The highest BCUT2D eigenvalue weighted by molar-refractivity contribution is 5.70. The summed E-state index contributed by atoms with van der Waals surface area (Å²) in [6.45, 7) is 16.0. The fourth-order valence-corrected chi connectivity index (χ4v) is 3.91. The van der Waals surface area contributed by atoms with Crippen LogP contribution in [0.1, 0.15) is 99.3 Å². The molecule has 3 atom stereocenters. The van der Waals surface area contributed by atoms with Crippen molar-refractivity contribution in [3.63, 3.8) is 0 Å². The molecule has 0 aliphatic rings. The Kier molecular flexibility index (Phi) is 16.7. The summed E-state index contributed by atoms with van der Waals surface area (Å²) in [4.78, 5) is 12.1. The number of unbranched alkanes of at least 4 members (excludes halogenated alkanes) is 1. The number of rotatable bonds is 19. The highest BCUT2D eigenvalue weighted by Gasteiger charge is 2.24. The van der Waals surface area contributed by atoms with Gasteiger partial charge in [0.1, 0.15) is 6.61 Å². The SMILES string of the molecule is CCCCC(CC)CNCCCNC(CC(=O)OCC(C)O)CC(C)(C)CCC. The Bertz CT molecular complexity index is 400. The van der Waals surface area contributed by atoms with Gasteiger partial charge in [-0.25, -0.2) is 0 Å². The summed E-state index contributed by atoms with van der Waals surface area (Å²) in [5.74, 6) is 0.560. The smallest absolute Gasteiger partial charge is 0.307 e. The molecule has 0 fully saturated rings. The van der Waals surface area contributed by atoms with E-state index < -0.39 is 6.10 Å². The van der Waals surface area contributed by atoms with Crippen LogP contribution in [-0.2, 0) is 9.53 Å². The lowest BCUT2D eigenvalue weighted by atomic mass is 9.81. The number of carbonyl (C=O) groups is 1. The molecule has 0 bridgehead atoms. The predicted octanol–water partition coefficient (Wildman–Crippen LogP) is 4.67. The number of esters is 1. The van der Waals surface area contributed by atoms with Crippen LogP contribution in [0.4, 0.5) is 0 Å². The molecular formula is C24H50N2O3. The number of aliphatic hydroxyl groups is 1. The molecule has 174 valence electrons. The Morgan fingerprint density at radius 2 is 1.83 bits per heavy atom. The first-order valence-corrected chi connectivity index (χ1v) is 12.0. The third kappa shape index (κ3) is 16.8. The summed E-state index contributed by atoms with van der Waals surface area (Å²) >= 11 is 0. The molecule has 5 heteroatoms. The normalized spacial score (nSPS) is 15.1. The fraction of sp³-hybridized carbons (Fsp3) is 0.958. The van der Waals surface area contributed by atoms with Crippen molar-refractivity contribution >= 4 is 5.97 Å². The standard InChI is InChI=1S/C24H50N2O3/c1-7-10-12-21(9-3)18-25-14-11-15-26-22(17-24(5,6)13-8-2)16-23(28)29-19-20(4)27/h20-22,25-27H,7-19H2,1-6H3. The van der Waals surface area contributed by atoms with E-state index in [1.807, 2.05) is 0 Å². The van der Waals surface area contributed by atoms with E-state index in [1.54, 1.807) is 6.92 Å². The maximum absolute atomic E-state index is 12.1. The van der Waals surface area contributed by atoms with Gasteiger partial charge in [0.15, 0.2) is 0 Å². The zero-order chi connectivity index (χ0) is 22.1. The van der Waals surface area contributed by atoms with Crippen molar-refractivity contribution in [2.75, 3.05) is 26.2 Å². The molecule has 5 nitrogen and oxygen atoms in total. The van der Waals surface area contributed by atoms with Gasteiger partial charge in [-0.3, -0.25) is 4.79 Å². The number of nitrogens with one attached hydrogen (secondary N) is 2. The van der Waals surface area contributed by atoms with Crippen LogP contribution in [0.3, 0.4) is 0 Å². The zero-order valence-electron chi connectivity index (χ0n) is 20.2. The Morgan fingerprint density at radius 1 is 1.10 bits per heavy atom. The molecule has 0 aromatic heterocycles. The quantitative estimate of drug-likeness (QED) is 0.212. The fourth-order valence-electron chi connectivity index (χ4n) is 3.91. The third-order valence-corrected chi connectivity index (χ3v) is 5.56. The molecule has 0 rings (SSSR count). The topological polar surface area (TPSA) is 70.6 Å². The summed E-state index contributed by atoms with van der Waals surface area (Å²) < 4.78 is 5.18. The number of hydrogen-bond acceptors (Lipinski definition) is 5. The Balaban J connectivity index is 4.33. The summed E-state index contributed by atoms with van der Waals surface area (Å²) in [5.41, 5.74) is 0.197. The predicted molar refractivity (Wildman–Crippen MR) is 123 cm³/mol. The first kappa shape index (κ1) is 28.4. The lowest BCUT2D eigenvalue weighted by molar-refractivity contribution is -0.147. The van der Waals surface area contributed by atoms with E-state index in [2.05, 4.69) is 45.3 Å². The molecule has 0 aliphatic heterocycles. The van der Waals surface area contributed by atoms with E-state index >= 15 is 0 Å². The van der Waals surface area contributed by atoms with Crippen molar-refractivity contribution in [1.82, 2.24) is 10.6 Å². The first-order valence-electron chi connectivity index (χ1n) is 12.0. The largest absolute Gasteiger partial charge is 0.463 e. The molecular weight excluding hydrogens is 364 g/mol. The molecule has 0 aromatic carbocycles. The van der Waals surface area contributed by atoms with Crippen molar-refractivity contribution in [2.24, 2.45) is 11.3 Å². The molecule has 0 aliphatic carbocycles. The van der Waals surface area contributed by atoms with Crippen LogP contribution in [0.2, 0.25) is 0 Å². The van der Waals surface area contributed by atoms with Gasteiger partial charge in [-0.15, -0.1) is 0 Å². The molecule has 29 heavy (non-hydrogen) atoms. The van der Waals surface area contributed by atoms with Gasteiger partial charge >= 0.3 is 5.97 Å². The maximum atomic E-state index is 12.1. The van der Waals surface area contributed by atoms with Gasteiger partial charge in [0.2, 0.25) is 0 Å². The van der Waals surface area contributed by atoms with Crippen LogP contribution in [0.15, 0.2) is 0 Å². The molecule has 0 radical (unpaired) electrons. The van der Waals surface area contributed by atoms with Gasteiger partial charge in [-0.05, 0) is 63.6 Å². The second-order valence-corrected chi connectivity index (χ2v) is 9.48.